The van der Waals surface area contributed by atoms with Gasteiger partial charge in [-0.25, -0.2) is 0 Å². The van der Waals surface area contributed by atoms with Crippen molar-refractivity contribution in [1.82, 2.24) is 9.80 Å². The predicted molar refractivity (Wildman–Crippen MR) is 76.9 cm³/mol. The van der Waals surface area contributed by atoms with Crippen molar-refractivity contribution < 1.29 is 4.79 Å². The molecule has 1 aromatic rings. The highest BCUT2D eigenvalue weighted by atomic mass is 79.9. The Bertz CT molecular complexity index is 427. The lowest BCUT2D eigenvalue weighted by atomic mass is 10.1. The molecule has 0 N–H and O–H groups in total. The SMILES string of the molecule is Cc1cc(Br)cc(C(=O)N2CCCN(C)CC2)c1. The third kappa shape index (κ3) is 3.33. The van der Waals surface area contributed by atoms with E-state index in [1.807, 2.05) is 30.0 Å². The molecule has 1 heterocycles. The van der Waals surface area contributed by atoms with E-state index in [9.17, 15) is 4.79 Å². The Labute approximate surface area is 117 Å². The van der Waals surface area contributed by atoms with Crippen molar-refractivity contribution in [2.24, 2.45) is 0 Å². The molecule has 2 rings (SSSR count). The second kappa shape index (κ2) is 5.85. The van der Waals surface area contributed by atoms with Gasteiger partial charge in [-0.3, -0.25) is 4.79 Å². The Kier molecular flexibility index (Phi) is 4.40. The maximum Gasteiger partial charge on any atom is 0.253 e. The van der Waals surface area contributed by atoms with Crippen molar-refractivity contribution in [2.75, 3.05) is 33.2 Å². The summed E-state index contributed by atoms with van der Waals surface area (Å²) in [5, 5.41) is 0. The Morgan fingerprint density at radius 2 is 1.94 bits per heavy atom. The third-order valence-corrected chi connectivity index (χ3v) is 3.75. The van der Waals surface area contributed by atoms with Crippen LogP contribution in [0.3, 0.4) is 0 Å². The van der Waals surface area contributed by atoms with Crippen molar-refractivity contribution in [3.05, 3.63) is 33.8 Å². The van der Waals surface area contributed by atoms with Crippen LogP contribution in [0.4, 0.5) is 0 Å². The summed E-state index contributed by atoms with van der Waals surface area (Å²) in [6, 6.07) is 5.89. The molecule has 1 aliphatic heterocycles. The average molecular weight is 311 g/mol. The van der Waals surface area contributed by atoms with Crippen LogP contribution in [0.25, 0.3) is 0 Å². The molecule has 0 radical (unpaired) electrons. The zero-order chi connectivity index (χ0) is 13.1. The fourth-order valence-corrected chi connectivity index (χ4v) is 2.90. The first-order valence-corrected chi connectivity index (χ1v) is 7.10. The van der Waals surface area contributed by atoms with Crippen molar-refractivity contribution >= 4 is 21.8 Å². The molecule has 0 atom stereocenters. The molecule has 4 heteroatoms. The lowest BCUT2D eigenvalue weighted by molar-refractivity contribution is 0.0762. The summed E-state index contributed by atoms with van der Waals surface area (Å²) in [6.45, 7) is 5.72. The fourth-order valence-electron chi connectivity index (χ4n) is 2.29. The van der Waals surface area contributed by atoms with Crippen LogP contribution in [0.5, 0.6) is 0 Å². The molecule has 0 bridgehead atoms. The molecule has 0 saturated carbocycles. The van der Waals surface area contributed by atoms with Gasteiger partial charge in [-0.05, 0) is 50.7 Å². The van der Waals surface area contributed by atoms with Gasteiger partial charge in [-0.2, -0.15) is 0 Å². The highest BCUT2D eigenvalue weighted by molar-refractivity contribution is 9.10. The average Bonchev–Trinajstić information content (AvgIpc) is 2.52. The quantitative estimate of drug-likeness (QED) is 0.796. The fraction of sp³-hybridized carbons (Fsp3) is 0.500. The number of nitrogens with zero attached hydrogens (tertiary/aromatic N) is 2. The molecular formula is C14H19BrN2O. The van der Waals surface area contributed by atoms with Crippen LogP contribution in [-0.4, -0.2) is 48.9 Å². The minimum absolute atomic E-state index is 0.148. The van der Waals surface area contributed by atoms with E-state index >= 15 is 0 Å². The number of hydrogen-bond donors (Lipinski definition) is 0. The molecule has 3 nitrogen and oxygen atoms in total. The molecule has 0 aromatic heterocycles. The Morgan fingerprint density at radius 1 is 1.17 bits per heavy atom. The summed E-state index contributed by atoms with van der Waals surface area (Å²) in [5.41, 5.74) is 1.89. The minimum atomic E-state index is 0.148. The number of amides is 1. The second-order valence-corrected chi connectivity index (χ2v) is 5.88. The van der Waals surface area contributed by atoms with Crippen molar-refractivity contribution in [2.45, 2.75) is 13.3 Å². The number of rotatable bonds is 1. The maximum absolute atomic E-state index is 12.5. The molecule has 0 aliphatic carbocycles. The normalized spacial score (nSPS) is 17.6. The number of benzene rings is 1. The molecular weight excluding hydrogens is 292 g/mol. The summed E-state index contributed by atoms with van der Waals surface area (Å²) in [7, 11) is 2.11. The van der Waals surface area contributed by atoms with Crippen molar-refractivity contribution in [1.29, 1.82) is 0 Å². The second-order valence-electron chi connectivity index (χ2n) is 4.97. The Hall–Kier alpha value is -0.870. The number of aryl methyl sites for hydroxylation is 1. The molecule has 0 unspecified atom stereocenters. The standard InChI is InChI=1S/C14H19BrN2O/c1-11-8-12(10-13(15)9-11)14(18)17-5-3-4-16(2)6-7-17/h8-10H,3-7H2,1-2H3. The van der Waals surface area contributed by atoms with E-state index in [2.05, 4.69) is 27.9 Å². The molecule has 1 amide bonds. The van der Waals surface area contributed by atoms with Gasteiger partial charge >= 0.3 is 0 Å². The van der Waals surface area contributed by atoms with Gasteiger partial charge in [0.05, 0.1) is 0 Å². The summed E-state index contributed by atoms with van der Waals surface area (Å²) in [6.07, 6.45) is 1.05. The number of carbonyl (C=O) groups is 1. The monoisotopic (exact) mass is 310 g/mol. The van der Waals surface area contributed by atoms with E-state index in [0.29, 0.717) is 0 Å². The smallest absolute Gasteiger partial charge is 0.253 e. The topological polar surface area (TPSA) is 23.6 Å². The first kappa shape index (κ1) is 13.6. The largest absolute Gasteiger partial charge is 0.337 e. The van der Waals surface area contributed by atoms with Crippen molar-refractivity contribution in [3.8, 4) is 0 Å². The molecule has 1 fully saturated rings. The highest BCUT2D eigenvalue weighted by Gasteiger charge is 2.19. The van der Waals surface area contributed by atoms with Gasteiger partial charge in [0.15, 0.2) is 0 Å². The van der Waals surface area contributed by atoms with E-state index in [0.717, 1.165) is 48.2 Å². The Morgan fingerprint density at radius 3 is 2.67 bits per heavy atom. The van der Waals surface area contributed by atoms with Crippen LogP contribution in [0.2, 0.25) is 0 Å². The van der Waals surface area contributed by atoms with Gasteiger partial charge < -0.3 is 9.80 Å². The van der Waals surface area contributed by atoms with E-state index in [1.165, 1.54) is 0 Å². The van der Waals surface area contributed by atoms with E-state index < -0.39 is 0 Å². The van der Waals surface area contributed by atoms with Crippen molar-refractivity contribution in [3.63, 3.8) is 0 Å². The lowest BCUT2D eigenvalue weighted by Crippen LogP contribution is -2.34. The zero-order valence-electron chi connectivity index (χ0n) is 10.9. The summed E-state index contributed by atoms with van der Waals surface area (Å²) < 4.78 is 0.970. The summed E-state index contributed by atoms with van der Waals surface area (Å²) >= 11 is 3.45. The molecule has 1 aliphatic rings. The number of halogens is 1. The maximum atomic E-state index is 12.5. The predicted octanol–water partition coefficient (Wildman–Crippen LogP) is 2.54. The highest BCUT2D eigenvalue weighted by Crippen LogP contribution is 2.17. The van der Waals surface area contributed by atoms with Gasteiger partial charge in [0.2, 0.25) is 0 Å². The first-order valence-electron chi connectivity index (χ1n) is 6.31. The van der Waals surface area contributed by atoms with Crippen LogP contribution in [-0.2, 0) is 0 Å². The van der Waals surface area contributed by atoms with Gasteiger partial charge in [0.1, 0.15) is 0 Å². The van der Waals surface area contributed by atoms with E-state index in [1.54, 1.807) is 0 Å². The van der Waals surface area contributed by atoms with Gasteiger partial charge in [0, 0.05) is 29.7 Å². The van der Waals surface area contributed by atoms with Gasteiger partial charge in [-0.1, -0.05) is 15.9 Å². The minimum Gasteiger partial charge on any atom is -0.337 e. The summed E-state index contributed by atoms with van der Waals surface area (Å²) in [4.78, 5) is 16.7. The first-order chi connectivity index (χ1) is 8.56. The van der Waals surface area contributed by atoms with Crippen LogP contribution >= 0.6 is 15.9 Å². The van der Waals surface area contributed by atoms with Gasteiger partial charge in [0.25, 0.3) is 5.91 Å². The number of hydrogen-bond acceptors (Lipinski definition) is 2. The molecule has 18 heavy (non-hydrogen) atoms. The number of carbonyl (C=O) groups excluding carboxylic acids is 1. The Balaban J connectivity index is 2.14. The van der Waals surface area contributed by atoms with Gasteiger partial charge in [-0.15, -0.1) is 0 Å². The van der Waals surface area contributed by atoms with Crippen LogP contribution < -0.4 is 0 Å². The lowest BCUT2D eigenvalue weighted by Gasteiger charge is -2.21. The third-order valence-electron chi connectivity index (χ3n) is 3.30. The number of likely N-dealkylation sites (N-methyl/N-ethyl adjacent to an activating group) is 1. The van der Waals surface area contributed by atoms with Crippen LogP contribution in [0.15, 0.2) is 22.7 Å². The zero-order valence-corrected chi connectivity index (χ0v) is 12.5. The van der Waals surface area contributed by atoms with Crippen LogP contribution in [0, 0.1) is 6.92 Å². The molecule has 1 saturated heterocycles. The van der Waals surface area contributed by atoms with Crippen LogP contribution in [0.1, 0.15) is 22.3 Å². The van der Waals surface area contributed by atoms with E-state index in [-0.39, 0.29) is 5.91 Å². The molecule has 1 aromatic carbocycles. The molecule has 0 spiro atoms. The van der Waals surface area contributed by atoms with E-state index in [4.69, 9.17) is 0 Å². The molecule has 98 valence electrons. The summed E-state index contributed by atoms with van der Waals surface area (Å²) in [5.74, 6) is 0.148.